The van der Waals surface area contributed by atoms with Crippen LogP contribution >= 0.6 is 23.4 Å². The van der Waals surface area contributed by atoms with Crippen LogP contribution in [0, 0.1) is 5.92 Å². The van der Waals surface area contributed by atoms with Crippen molar-refractivity contribution in [1.82, 2.24) is 19.8 Å². The Morgan fingerprint density at radius 2 is 1.92 bits per heavy atom. The van der Waals surface area contributed by atoms with E-state index in [9.17, 15) is 4.79 Å². The highest BCUT2D eigenvalue weighted by Crippen LogP contribution is 2.27. The third-order valence-corrected chi connectivity index (χ3v) is 5.79. The Bertz CT molecular complexity index is 740. The lowest BCUT2D eigenvalue weighted by atomic mass is 9.99. The van der Waals surface area contributed by atoms with Gasteiger partial charge in [-0.05, 0) is 49.9 Å². The molecule has 1 aliphatic heterocycles. The maximum absolute atomic E-state index is 12.6. The van der Waals surface area contributed by atoms with Crippen molar-refractivity contribution in [2.45, 2.75) is 37.1 Å². The highest BCUT2D eigenvalue weighted by Gasteiger charge is 2.26. The summed E-state index contributed by atoms with van der Waals surface area (Å²) in [4.78, 5) is 14.6. The molecule has 1 fully saturated rings. The van der Waals surface area contributed by atoms with Gasteiger partial charge in [0.15, 0.2) is 5.82 Å². The van der Waals surface area contributed by atoms with Crippen molar-refractivity contribution in [3.63, 3.8) is 0 Å². The highest BCUT2D eigenvalue weighted by atomic mass is 35.5. The van der Waals surface area contributed by atoms with Crippen LogP contribution in [0.3, 0.4) is 0 Å². The first-order valence-electron chi connectivity index (χ1n) is 8.37. The monoisotopic (exact) mass is 379 g/mol. The van der Waals surface area contributed by atoms with Crippen molar-refractivity contribution in [2.75, 3.05) is 18.9 Å². The zero-order chi connectivity index (χ0) is 18.0. The van der Waals surface area contributed by atoms with Gasteiger partial charge in [-0.25, -0.2) is 4.68 Å². The van der Waals surface area contributed by atoms with Gasteiger partial charge in [0, 0.05) is 23.7 Å². The molecule has 8 heteroatoms. The number of nitrogen functional groups attached to an aromatic ring is 1. The van der Waals surface area contributed by atoms with Gasteiger partial charge >= 0.3 is 0 Å². The standard InChI is InChI=1S/C17H22ClN5OS/c1-11-7-9-22(10-8-11)16(24)12(2)25-17-21-20-15(23(17)19)13-3-5-14(18)6-4-13/h3-6,11-12H,7-10,19H2,1-2H3. The van der Waals surface area contributed by atoms with E-state index < -0.39 is 0 Å². The Balaban J connectivity index is 1.68. The van der Waals surface area contributed by atoms with Crippen molar-refractivity contribution >= 4 is 29.3 Å². The summed E-state index contributed by atoms with van der Waals surface area (Å²) in [5, 5.41) is 9.21. The van der Waals surface area contributed by atoms with Crippen molar-refractivity contribution in [2.24, 2.45) is 5.92 Å². The molecule has 1 aromatic heterocycles. The second-order valence-electron chi connectivity index (χ2n) is 6.45. The van der Waals surface area contributed by atoms with Crippen LogP contribution in [0.2, 0.25) is 5.02 Å². The van der Waals surface area contributed by atoms with Crippen LogP contribution in [-0.2, 0) is 4.79 Å². The molecule has 0 saturated carbocycles. The van der Waals surface area contributed by atoms with Crippen molar-refractivity contribution in [3.05, 3.63) is 29.3 Å². The van der Waals surface area contributed by atoms with Crippen LogP contribution in [0.5, 0.6) is 0 Å². The van der Waals surface area contributed by atoms with Crippen LogP contribution in [0.4, 0.5) is 0 Å². The SMILES string of the molecule is CC1CCN(C(=O)C(C)Sc2nnc(-c3ccc(Cl)cc3)n2N)CC1. The molecule has 0 radical (unpaired) electrons. The summed E-state index contributed by atoms with van der Waals surface area (Å²) in [5.41, 5.74) is 0.829. The van der Waals surface area contributed by atoms with Gasteiger partial charge in [-0.2, -0.15) is 0 Å². The Labute approximate surface area is 156 Å². The van der Waals surface area contributed by atoms with Crippen molar-refractivity contribution in [3.8, 4) is 11.4 Å². The molecule has 2 heterocycles. The van der Waals surface area contributed by atoms with Crippen LogP contribution in [0.25, 0.3) is 11.4 Å². The molecule has 134 valence electrons. The number of aromatic nitrogens is 3. The first-order chi connectivity index (χ1) is 12.0. The molecule has 1 atom stereocenters. The van der Waals surface area contributed by atoms with Gasteiger partial charge in [0.1, 0.15) is 0 Å². The third-order valence-electron chi connectivity index (χ3n) is 4.49. The summed E-state index contributed by atoms with van der Waals surface area (Å²) in [6.45, 7) is 5.78. The number of benzene rings is 1. The summed E-state index contributed by atoms with van der Waals surface area (Å²) in [6.07, 6.45) is 2.13. The Hall–Kier alpha value is -1.73. The quantitative estimate of drug-likeness (QED) is 0.652. The zero-order valence-corrected chi connectivity index (χ0v) is 15.9. The van der Waals surface area contributed by atoms with Gasteiger partial charge in [0.05, 0.1) is 5.25 Å². The van der Waals surface area contributed by atoms with Gasteiger partial charge in [-0.15, -0.1) is 10.2 Å². The van der Waals surface area contributed by atoms with Crippen molar-refractivity contribution < 1.29 is 4.79 Å². The number of carbonyl (C=O) groups is 1. The number of hydrogen-bond donors (Lipinski definition) is 1. The van der Waals surface area contributed by atoms with Crippen molar-refractivity contribution in [1.29, 1.82) is 0 Å². The van der Waals surface area contributed by atoms with Crippen LogP contribution < -0.4 is 5.84 Å². The molecule has 1 aromatic carbocycles. The van der Waals surface area contributed by atoms with E-state index in [1.54, 1.807) is 12.1 Å². The molecule has 3 rings (SSSR count). The molecule has 1 amide bonds. The number of likely N-dealkylation sites (tertiary alicyclic amines) is 1. The van der Waals surface area contributed by atoms with E-state index >= 15 is 0 Å². The number of hydrogen-bond acceptors (Lipinski definition) is 5. The molecule has 0 spiro atoms. The molecule has 6 nitrogen and oxygen atoms in total. The Morgan fingerprint density at radius 3 is 2.56 bits per heavy atom. The third kappa shape index (κ3) is 4.10. The fourth-order valence-corrected chi connectivity index (χ4v) is 3.83. The first-order valence-corrected chi connectivity index (χ1v) is 9.63. The lowest BCUT2D eigenvalue weighted by Crippen LogP contribution is -2.41. The van der Waals surface area contributed by atoms with E-state index in [4.69, 9.17) is 17.4 Å². The number of carbonyl (C=O) groups excluding carboxylic acids is 1. The van der Waals surface area contributed by atoms with E-state index in [1.807, 2.05) is 24.0 Å². The molecule has 2 N–H and O–H groups in total. The maximum atomic E-state index is 12.6. The summed E-state index contributed by atoms with van der Waals surface area (Å²) >= 11 is 7.25. The molecule has 1 unspecified atom stereocenters. The minimum atomic E-state index is -0.252. The molecule has 25 heavy (non-hydrogen) atoms. The maximum Gasteiger partial charge on any atom is 0.235 e. The van der Waals surface area contributed by atoms with Gasteiger partial charge in [0.25, 0.3) is 0 Å². The topological polar surface area (TPSA) is 77.0 Å². The van der Waals surface area contributed by atoms with E-state index in [1.165, 1.54) is 16.4 Å². The van der Waals surface area contributed by atoms with Gasteiger partial charge in [0.2, 0.25) is 11.1 Å². The van der Waals surface area contributed by atoms with E-state index in [0.717, 1.165) is 31.5 Å². The van der Waals surface area contributed by atoms with Gasteiger partial charge < -0.3 is 10.7 Å². The second kappa shape index (κ2) is 7.66. The molecule has 2 aromatic rings. The zero-order valence-electron chi connectivity index (χ0n) is 14.4. The highest BCUT2D eigenvalue weighted by molar-refractivity contribution is 8.00. The normalized spacial score (nSPS) is 16.8. The predicted molar refractivity (Wildman–Crippen MR) is 101 cm³/mol. The Morgan fingerprint density at radius 1 is 1.28 bits per heavy atom. The number of halogens is 1. The summed E-state index contributed by atoms with van der Waals surface area (Å²) in [7, 11) is 0. The molecule has 1 saturated heterocycles. The Kier molecular flexibility index (Phi) is 5.54. The lowest BCUT2D eigenvalue weighted by molar-refractivity contribution is -0.131. The summed E-state index contributed by atoms with van der Waals surface area (Å²) in [5.74, 6) is 7.51. The molecule has 1 aliphatic rings. The van der Waals surface area contributed by atoms with E-state index in [-0.39, 0.29) is 11.2 Å². The van der Waals surface area contributed by atoms with E-state index in [2.05, 4.69) is 17.1 Å². The number of nitrogens with zero attached hydrogens (tertiary/aromatic N) is 4. The summed E-state index contributed by atoms with van der Waals surface area (Å²) in [6, 6.07) is 7.24. The average Bonchev–Trinajstić information content (AvgIpc) is 2.96. The summed E-state index contributed by atoms with van der Waals surface area (Å²) < 4.78 is 1.43. The number of piperidine rings is 1. The number of amides is 1. The van der Waals surface area contributed by atoms with Crippen LogP contribution in [0.15, 0.2) is 29.4 Å². The fourth-order valence-electron chi connectivity index (χ4n) is 2.85. The van der Waals surface area contributed by atoms with Gasteiger partial charge in [-0.1, -0.05) is 30.3 Å². The van der Waals surface area contributed by atoms with Crippen LogP contribution in [-0.4, -0.2) is 44.0 Å². The molecule has 0 aliphatic carbocycles. The molecular weight excluding hydrogens is 358 g/mol. The fraction of sp³-hybridized carbons (Fsp3) is 0.471. The second-order valence-corrected chi connectivity index (χ2v) is 8.20. The molecule has 0 bridgehead atoms. The van der Waals surface area contributed by atoms with E-state index in [0.29, 0.717) is 21.9 Å². The number of thioether (sulfide) groups is 1. The predicted octanol–water partition coefficient (Wildman–Crippen LogP) is 3.05. The largest absolute Gasteiger partial charge is 0.342 e. The minimum absolute atomic E-state index is 0.132. The minimum Gasteiger partial charge on any atom is -0.342 e. The number of rotatable bonds is 4. The van der Waals surface area contributed by atoms with Crippen LogP contribution in [0.1, 0.15) is 26.7 Å². The molecular formula is C17H22ClN5OS. The van der Waals surface area contributed by atoms with Gasteiger partial charge in [-0.3, -0.25) is 4.79 Å². The number of nitrogens with two attached hydrogens (primary N) is 1. The first kappa shape index (κ1) is 18.1. The smallest absolute Gasteiger partial charge is 0.235 e. The average molecular weight is 380 g/mol. The lowest BCUT2D eigenvalue weighted by Gasteiger charge is -2.31.